The van der Waals surface area contributed by atoms with E-state index in [0.29, 0.717) is 18.1 Å². The number of rotatable bonds is 2. The Morgan fingerprint density at radius 3 is 3.00 bits per heavy atom. The van der Waals surface area contributed by atoms with Crippen LogP contribution in [0.1, 0.15) is 6.92 Å². The van der Waals surface area contributed by atoms with Crippen LogP contribution in [0.2, 0.25) is 0 Å². The van der Waals surface area contributed by atoms with Crippen LogP contribution < -0.4 is 20.7 Å². The van der Waals surface area contributed by atoms with Crippen molar-refractivity contribution in [2.75, 3.05) is 23.9 Å². The Morgan fingerprint density at radius 1 is 1.56 bits per heavy atom. The van der Waals surface area contributed by atoms with Crippen LogP contribution in [0, 0.1) is 0 Å². The second kappa shape index (κ2) is 4.02. The molecule has 1 amide bonds. The van der Waals surface area contributed by atoms with E-state index in [0.717, 1.165) is 5.69 Å². The first-order valence-electron chi connectivity index (χ1n) is 5.14. The van der Waals surface area contributed by atoms with Gasteiger partial charge in [-0.05, 0) is 25.1 Å². The summed E-state index contributed by atoms with van der Waals surface area (Å²) in [6.45, 7) is 2.14. The maximum atomic E-state index is 11.4. The summed E-state index contributed by atoms with van der Waals surface area (Å²) in [5.41, 5.74) is 7.18. The quantitative estimate of drug-likeness (QED) is 0.723. The van der Waals surface area contributed by atoms with E-state index in [9.17, 15) is 4.79 Å². The molecular formula is C11H15N3O2. The number of hydrogen-bond acceptors (Lipinski definition) is 4. The normalized spacial score (nSPS) is 18.4. The number of fused-ring (bicyclic) bond motifs is 1. The van der Waals surface area contributed by atoms with Crippen molar-refractivity contribution in [3.63, 3.8) is 0 Å². The molecule has 1 aromatic rings. The fourth-order valence-electron chi connectivity index (χ4n) is 1.54. The van der Waals surface area contributed by atoms with Crippen LogP contribution in [0.4, 0.5) is 11.4 Å². The molecule has 0 aliphatic carbocycles. The average molecular weight is 221 g/mol. The minimum absolute atomic E-state index is 0.125. The Bertz CT molecular complexity index is 420. The van der Waals surface area contributed by atoms with Crippen molar-refractivity contribution < 1.29 is 9.53 Å². The van der Waals surface area contributed by atoms with Gasteiger partial charge in [0.05, 0.1) is 12.4 Å². The summed E-state index contributed by atoms with van der Waals surface area (Å²) >= 11 is 0. The first kappa shape index (κ1) is 10.8. The predicted octanol–water partition coefficient (Wildman–Crippen LogP) is 0.758. The van der Waals surface area contributed by atoms with Crippen molar-refractivity contribution >= 4 is 17.3 Å². The molecule has 0 saturated heterocycles. The first-order valence-corrected chi connectivity index (χ1v) is 5.14. The van der Waals surface area contributed by atoms with Crippen molar-refractivity contribution in [2.45, 2.75) is 13.0 Å². The molecule has 1 unspecified atom stereocenters. The Hall–Kier alpha value is -1.75. The molecule has 0 fully saturated rings. The zero-order valence-electron chi connectivity index (χ0n) is 9.36. The maximum absolute atomic E-state index is 11.4. The van der Waals surface area contributed by atoms with Gasteiger partial charge in [-0.15, -0.1) is 0 Å². The molecule has 1 heterocycles. The lowest BCUT2D eigenvalue weighted by atomic mass is 10.2. The summed E-state index contributed by atoms with van der Waals surface area (Å²) in [6.07, 6.45) is -0.439. The fourth-order valence-corrected chi connectivity index (χ4v) is 1.54. The monoisotopic (exact) mass is 221 g/mol. The maximum Gasteiger partial charge on any atom is 0.265 e. The average Bonchev–Trinajstić information content (AvgIpc) is 2.29. The van der Waals surface area contributed by atoms with Crippen LogP contribution >= 0.6 is 0 Å². The van der Waals surface area contributed by atoms with Gasteiger partial charge in [-0.1, -0.05) is 0 Å². The molecule has 5 heteroatoms. The van der Waals surface area contributed by atoms with E-state index < -0.39 is 6.10 Å². The van der Waals surface area contributed by atoms with Gasteiger partial charge in [-0.2, -0.15) is 0 Å². The van der Waals surface area contributed by atoms with Gasteiger partial charge in [0.15, 0.2) is 6.10 Å². The Labute approximate surface area is 94.2 Å². The number of ether oxygens (including phenoxy) is 1. The number of hydrogen-bond donors (Lipinski definition) is 2. The van der Waals surface area contributed by atoms with E-state index in [1.807, 2.05) is 30.1 Å². The Kier molecular flexibility index (Phi) is 2.70. The third-order valence-corrected chi connectivity index (χ3v) is 2.61. The van der Waals surface area contributed by atoms with Crippen molar-refractivity contribution in [1.82, 2.24) is 0 Å². The molecule has 3 N–H and O–H groups in total. The molecule has 86 valence electrons. The topological polar surface area (TPSA) is 67.6 Å². The Balaban J connectivity index is 2.32. The predicted molar refractivity (Wildman–Crippen MR) is 62.6 cm³/mol. The fraction of sp³-hybridized carbons (Fsp3) is 0.364. The SMILES string of the molecule is CC1Oc2ccc(N(C)CN)cc2NC1=O. The smallest absolute Gasteiger partial charge is 0.265 e. The molecule has 0 aromatic heterocycles. The van der Waals surface area contributed by atoms with E-state index in [-0.39, 0.29) is 5.91 Å². The molecule has 1 aliphatic rings. The highest BCUT2D eigenvalue weighted by molar-refractivity contribution is 5.98. The molecule has 1 atom stereocenters. The van der Waals surface area contributed by atoms with E-state index in [4.69, 9.17) is 10.5 Å². The third kappa shape index (κ3) is 1.81. The van der Waals surface area contributed by atoms with Gasteiger partial charge in [0.25, 0.3) is 5.91 Å². The summed E-state index contributed by atoms with van der Waals surface area (Å²) in [5, 5.41) is 2.80. The van der Waals surface area contributed by atoms with Gasteiger partial charge in [-0.25, -0.2) is 0 Å². The van der Waals surface area contributed by atoms with Crippen LogP contribution in [0.5, 0.6) is 5.75 Å². The van der Waals surface area contributed by atoms with Gasteiger partial charge >= 0.3 is 0 Å². The number of carbonyl (C=O) groups is 1. The molecule has 1 aliphatic heterocycles. The lowest BCUT2D eigenvalue weighted by Gasteiger charge is -2.25. The number of nitrogens with two attached hydrogens (primary N) is 1. The number of nitrogens with one attached hydrogen (secondary N) is 1. The van der Waals surface area contributed by atoms with Crippen molar-refractivity contribution in [3.05, 3.63) is 18.2 Å². The van der Waals surface area contributed by atoms with Crippen LogP contribution in [-0.4, -0.2) is 25.7 Å². The standard InChI is InChI=1S/C11H15N3O2/c1-7-11(15)13-9-5-8(14(2)6-12)3-4-10(9)16-7/h3-5,7H,6,12H2,1-2H3,(H,13,15). The highest BCUT2D eigenvalue weighted by Gasteiger charge is 2.23. The zero-order valence-corrected chi connectivity index (χ0v) is 9.36. The van der Waals surface area contributed by atoms with Crippen molar-refractivity contribution in [1.29, 1.82) is 0 Å². The molecule has 0 radical (unpaired) electrons. The summed E-state index contributed by atoms with van der Waals surface area (Å²) in [7, 11) is 1.88. The lowest BCUT2D eigenvalue weighted by Crippen LogP contribution is -2.34. The van der Waals surface area contributed by atoms with Gasteiger partial charge in [0, 0.05) is 12.7 Å². The highest BCUT2D eigenvalue weighted by atomic mass is 16.5. The second-order valence-electron chi connectivity index (χ2n) is 3.81. The third-order valence-electron chi connectivity index (χ3n) is 2.61. The second-order valence-corrected chi connectivity index (χ2v) is 3.81. The van der Waals surface area contributed by atoms with E-state index in [1.54, 1.807) is 6.92 Å². The van der Waals surface area contributed by atoms with Crippen LogP contribution in [0.15, 0.2) is 18.2 Å². The van der Waals surface area contributed by atoms with E-state index in [1.165, 1.54) is 0 Å². The molecule has 0 saturated carbocycles. The molecular weight excluding hydrogens is 206 g/mol. The molecule has 2 rings (SSSR count). The van der Waals surface area contributed by atoms with Gasteiger partial charge < -0.3 is 20.7 Å². The van der Waals surface area contributed by atoms with Crippen molar-refractivity contribution in [3.8, 4) is 5.75 Å². The summed E-state index contributed by atoms with van der Waals surface area (Å²) in [6, 6.07) is 5.61. The summed E-state index contributed by atoms with van der Waals surface area (Å²) in [5.74, 6) is 0.571. The lowest BCUT2D eigenvalue weighted by molar-refractivity contribution is -0.122. The van der Waals surface area contributed by atoms with Gasteiger partial charge in [0.2, 0.25) is 0 Å². The number of amides is 1. The minimum atomic E-state index is -0.439. The van der Waals surface area contributed by atoms with Crippen molar-refractivity contribution in [2.24, 2.45) is 5.73 Å². The van der Waals surface area contributed by atoms with E-state index >= 15 is 0 Å². The van der Waals surface area contributed by atoms with Crippen LogP contribution in [0.3, 0.4) is 0 Å². The number of nitrogens with zero attached hydrogens (tertiary/aromatic N) is 1. The number of benzene rings is 1. The molecule has 0 spiro atoms. The van der Waals surface area contributed by atoms with E-state index in [2.05, 4.69) is 5.32 Å². The van der Waals surface area contributed by atoms with Gasteiger partial charge in [-0.3, -0.25) is 4.79 Å². The minimum Gasteiger partial charge on any atom is -0.479 e. The highest BCUT2D eigenvalue weighted by Crippen LogP contribution is 2.32. The zero-order chi connectivity index (χ0) is 11.7. The number of carbonyl (C=O) groups excluding carboxylic acids is 1. The molecule has 5 nitrogen and oxygen atoms in total. The molecule has 16 heavy (non-hydrogen) atoms. The summed E-state index contributed by atoms with van der Waals surface area (Å²) in [4.78, 5) is 13.3. The van der Waals surface area contributed by atoms with Gasteiger partial charge in [0.1, 0.15) is 5.75 Å². The Morgan fingerprint density at radius 2 is 2.31 bits per heavy atom. The number of anilines is 2. The van der Waals surface area contributed by atoms with Crippen LogP contribution in [0.25, 0.3) is 0 Å². The molecule has 0 bridgehead atoms. The first-order chi connectivity index (χ1) is 7.61. The largest absolute Gasteiger partial charge is 0.479 e. The van der Waals surface area contributed by atoms with Crippen LogP contribution in [-0.2, 0) is 4.79 Å². The molecule has 1 aromatic carbocycles. The summed E-state index contributed by atoms with van der Waals surface area (Å²) < 4.78 is 5.45.